The summed E-state index contributed by atoms with van der Waals surface area (Å²) < 4.78 is 77.9. The summed E-state index contributed by atoms with van der Waals surface area (Å²) in [7, 11) is 1.52. The minimum atomic E-state index is -4.88. The first-order valence-electron chi connectivity index (χ1n) is 12.4. The highest BCUT2D eigenvalue weighted by atomic mass is 19.4. The van der Waals surface area contributed by atoms with Crippen LogP contribution in [0.3, 0.4) is 0 Å². The maximum Gasteiger partial charge on any atom is 0.416 e. The number of hydrogen-bond donors (Lipinski definition) is 0. The third-order valence-corrected chi connectivity index (χ3v) is 6.51. The Kier molecular flexibility index (Phi) is 10.0. The number of hydrogen-bond acceptors (Lipinski definition) is 3. The van der Waals surface area contributed by atoms with Crippen molar-refractivity contribution in [2.45, 2.75) is 31.6 Å². The molecular weight excluding hydrogens is 496 g/mol. The summed E-state index contributed by atoms with van der Waals surface area (Å²) in [5.74, 6) is 0.617. The second-order valence-electron chi connectivity index (χ2n) is 9.65. The number of nitrogens with zero attached hydrogens (tertiary/aromatic N) is 3. The van der Waals surface area contributed by atoms with Crippen LogP contribution in [0.15, 0.2) is 54.6 Å². The molecule has 1 saturated heterocycles. The van der Waals surface area contributed by atoms with Gasteiger partial charge < -0.3 is 9.80 Å². The van der Waals surface area contributed by atoms with E-state index in [1.54, 1.807) is 0 Å². The van der Waals surface area contributed by atoms with E-state index in [1.165, 1.54) is 24.8 Å². The Hall–Kier alpha value is -2.59. The maximum absolute atomic E-state index is 13.0. The van der Waals surface area contributed by atoms with Gasteiger partial charge in [-0.05, 0) is 48.9 Å². The number of halogens is 6. The zero-order valence-electron chi connectivity index (χ0n) is 20.9. The molecule has 4 nitrogen and oxygen atoms in total. The zero-order chi connectivity index (χ0) is 27.1. The lowest BCUT2D eigenvalue weighted by molar-refractivity contribution is -0.143. The average Bonchev–Trinajstić information content (AvgIpc) is 3.68. The van der Waals surface area contributed by atoms with Gasteiger partial charge in [0.15, 0.2) is 0 Å². The predicted molar refractivity (Wildman–Crippen MR) is 130 cm³/mol. The Balaban J connectivity index is 0.000000555. The van der Waals surface area contributed by atoms with Crippen LogP contribution in [0.4, 0.5) is 26.3 Å². The van der Waals surface area contributed by atoms with E-state index < -0.39 is 23.5 Å². The number of rotatable bonds is 7. The first kappa shape index (κ1) is 29.0. The van der Waals surface area contributed by atoms with Gasteiger partial charge in [0.2, 0.25) is 5.91 Å². The highest BCUT2D eigenvalue weighted by molar-refractivity contribution is 5.78. The molecule has 0 radical (unpaired) electrons. The van der Waals surface area contributed by atoms with Gasteiger partial charge in [-0.2, -0.15) is 26.3 Å². The summed E-state index contributed by atoms with van der Waals surface area (Å²) in [5.41, 5.74) is -2.78. The minimum Gasteiger partial charge on any atom is -0.344 e. The molecule has 0 spiro atoms. The quantitative estimate of drug-likeness (QED) is 0.447. The highest BCUT2D eigenvalue weighted by Gasteiger charge is 2.37. The second-order valence-corrected chi connectivity index (χ2v) is 9.65. The molecule has 2 aromatic rings. The number of alkyl halides is 6. The number of likely N-dealkylation sites (N-methyl/N-ethyl adjacent to an activating group) is 1. The smallest absolute Gasteiger partial charge is 0.344 e. The van der Waals surface area contributed by atoms with Crippen molar-refractivity contribution in [1.29, 1.82) is 0 Å². The maximum atomic E-state index is 13.0. The summed E-state index contributed by atoms with van der Waals surface area (Å²) in [6.07, 6.45) is -7.26. The predicted octanol–water partition coefficient (Wildman–Crippen LogP) is 5.44. The van der Waals surface area contributed by atoms with Crippen LogP contribution < -0.4 is 0 Å². The average molecular weight is 530 g/mol. The van der Waals surface area contributed by atoms with E-state index in [4.69, 9.17) is 0 Å². The molecule has 1 aliphatic heterocycles. The van der Waals surface area contributed by atoms with Gasteiger partial charge in [-0.25, -0.2) is 0 Å². The molecule has 0 atom stereocenters. The monoisotopic (exact) mass is 529 g/mol. The number of carbonyl (C=O) groups is 1. The van der Waals surface area contributed by atoms with Crippen LogP contribution in [-0.4, -0.2) is 73.5 Å². The normalized spacial score (nSPS) is 17.2. The lowest BCUT2D eigenvalue weighted by Gasteiger charge is -2.35. The van der Waals surface area contributed by atoms with Gasteiger partial charge in [-0.15, -0.1) is 0 Å². The third-order valence-electron chi connectivity index (χ3n) is 6.51. The van der Waals surface area contributed by atoms with Crippen molar-refractivity contribution in [3.8, 4) is 0 Å². The summed E-state index contributed by atoms with van der Waals surface area (Å²) in [6.45, 7) is 4.70. The van der Waals surface area contributed by atoms with Crippen molar-refractivity contribution >= 4 is 5.91 Å². The SMILES string of the molecule is CN(CCc1cc(C(F)(F)F)cc(C(F)(F)F)c1)C(=O)CN1CCN(CC2CC2)CC1.c1ccccc1. The molecule has 204 valence electrons. The molecule has 0 bridgehead atoms. The third kappa shape index (κ3) is 10.0. The van der Waals surface area contributed by atoms with Crippen LogP contribution in [0.2, 0.25) is 0 Å². The van der Waals surface area contributed by atoms with Gasteiger partial charge in [0.1, 0.15) is 0 Å². The molecule has 37 heavy (non-hydrogen) atoms. The molecule has 1 aliphatic carbocycles. The lowest BCUT2D eigenvalue weighted by atomic mass is 10.0. The van der Waals surface area contributed by atoms with Gasteiger partial charge >= 0.3 is 12.4 Å². The van der Waals surface area contributed by atoms with Gasteiger partial charge in [0, 0.05) is 46.3 Å². The standard InChI is InChI=1S/C21H27F6N3O.C6H6/c1-28(19(31)14-30-8-6-29(7-9-30)13-15-2-3-15)5-4-16-10-17(20(22,23)24)12-18(11-16)21(25,26)27;1-2-4-6-5-3-1/h10-12,15H,2-9,13-14H2,1H3;1-6H. The molecule has 1 saturated carbocycles. The molecule has 10 heteroatoms. The first-order chi connectivity index (χ1) is 17.4. The fourth-order valence-corrected chi connectivity index (χ4v) is 4.08. The Morgan fingerprint density at radius 1 is 0.811 bits per heavy atom. The van der Waals surface area contributed by atoms with Crippen LogP contribution in [0.25, 0.3) is 0 Å². The second kappa shape index (κ2) is 12.8. The van der Waals surface area contributed by atoms with Crippen LogP contribution in [0.1, 0.15) is 29.5 Å². The number of carbonyl (C=O) groups excluding carboxylic acids is 1. The van der Waals surface area contributed by atoms with E-state index in [0.717, 1.165) is 38.6 Å². The Morgan fingerprint density at radius 3 is 1.70 bits per heavy atom. The fraction of sp³-hybridized carbons (Fsp3) is 0.519. The van der Waals surface area contributed by atoms with Crippen LogP contribution in [-0.2, 0) is 23.6 Å². The van der Waals surface area contributed by atoms with E-state index in [0.29, 0.717) is 12.1 Å². The van der Waals surface area contributed by atoms with E-state index >= 15 is 0 Å². The van der Waals surface area contributed by atoms with Gasteiger partial charge in [-0.3, -0.25) is 9.69 Å². The van der Waals surface area contributed by atoms with E-state index in [-0.39, 0.29) is 37.0 Å². The number of benzene rings is 2. The van der Waals surface area contributed by atoms with Gasteiger partial charge in [-0.1, -0.05) is 36.4 Å². The summed E-state index contributed by atoms with van der Waals surface area (Å²) in [5, 5.41) is 0. The molecule has 2 aliphatic rings. The van der Waals surface area contributed by atoms with Gasteiger partial charge in [0.05, 0.1) is 17.7 Å². The summed E-state index contributed by atoms with van der Waals surface area (Å²) >= 11 is 0. The van der Waals surface area contributed by atoms with Crippen LogP contribution in [0.5, 0.6) is 0 Å². The molecule has 2 aromatic carbocycles. The summed E-state index contributed by atoms with van der Waals surface area (Å²) in [6, 6.07) is 13.5. The molecule has 2 fully saturated rings. The number of piperazine rings is 1. The van der Waals surface area contributed by atoms with Gasteiger partial charge in [0.25, 0.3) is 0 Å². The van der Waals surface area contributed by atoms with Crippen molar-refractivity contribution in [3.63, 3.8) is 0 Å². The van der Waals surface area contributed by atoms with E-state index in [9.17, 15) is 31.1 Å². The molecule has 0 aromatic heterocycles. The van der Waals surface area contributed by atoms with Crippen molar-refractivity contribution in [2.24, 2.45) is 5.92 Å². The fourth-order valence-electron chi connectivity index (χ4n) is 4.08. The summed E-state index contributed by atoms with van der Waals surface area (Å²) in [4.78, 5) is 18.3. The Morgan fingerprint density at radius 2 is 1.27 bits per heavy atom. The minimum absolute atomic E-state index is 0.0408. The molecule has 1 amide bonds. The van der Waals surface area contributed by atoms with Crippen molar-refractivity contribution in [1.82, 2.24) is 14.7 Å². The Bertz CT molecular complexity index is 925. The lowest BCUT2D eigenvalue weighted by Crippen LogP contribution is -2.50. The van der Waals surface area contributed by atoms with E-state index in [1.807, 2.05) is 41.3 Å². The van der Waals surface area contributed by atoms with Crippen LogP contribution >= 0.6 is 0 Å². The highest BCUT2D eigenvalue weighted by Crippen LogP contribution is 2.36. The molecule has 4 rings (SSSR count). The van der Waals surface area contributed by atoms with Crippen LogP contribution in [0, 0.1) is 5.92 Å². The van der Waals surface area contributed by atoms with Crippen molar-refractivity contribution in [3.05, 3.63) is 71.3 Å². The number of amides is 1. The van der Waals surface area contributed by atoms with Crippen molar-refractivity contribution < 1.29 is 31.1 Å². The zero-order valence-corrected chi connectivity index (χ0v) is 20.9. The first-order valence-corrected chi connectivity index (χ1v) is 12.4. The molecular formula is C27H33F6N3O. The molecule has 1 heterocycles. The topological polar surface area (TPSA) is 26.8 Å². The van der Waals surface area contributed by atoms with Crippen molar-refractivity contribution in [2.75, 3.05) is 52.9 Å². The molecule has 0 N–H and O–H groups in total. The largest absolute Gasteiger partial charge is 0.416 e. The van der Waals surface area contributed by atoms with E-state index in [2.05, 4.69) is 4.90 Å². The Labute approximate surface area is 213 Å². The molecule has 0 unspecified atom stereocenters.